The van der Waals surface area contributed by atoms with E-state index in [2.05, 4.69) is 26.6 Å². The number of likely N-dealkylation sites (tertiary alicyclic amines) is 1. The summed E-state index contributed by atoms with van der Waals surface area (Å²) in [7, 11) is 1.52. The van der Waals surface area contributed by atoms with Crippen molar-refractivity contribution in [1.29, 1.82) is 5.26 Å². The lowest BCUT2D eigenvalue weighted by Crippen LogP contribution is -2.32. The smallest absolute Gasteiger partial charge is 0.261 e. The summed E-state index contributed by atoms with van der Waals surface area (Å²) in [5, 5.41) is 21.2. The highest BCUT2D eigenvalue weighted by Gasteiger charge is 2.27. The van der Waals surface area contributed by atoms with Crippen molar-refractivity contribution in [3.05, 3.63) is 59.6 Å². The first-order valence-electron chi connectivity index (χ1n) is 11.1. The summed E-state index contributed by atoms with van der Waals surface area (Å²) >= 11 is 6.25. The van der Waals surface area contributed by atoms with Gasteiger partial charge in [0.1, 0.15) is 23.6 Å². The lowest BCUT2D eigenvalue weighted by Gasteiger charge is -2.15. The number of amides is 2. The Morgan fingerprint density at radius 2 is 2.22 bits per heavy atom. The Morgan fingerprint density at radius 1 is 1.36 bits per heavy atom. The fourth-order valence-corrected chi connectivity index (χ4v) is 4.34. The molecule has 5 rings (SSSR count). The fourth-order valence-electron chi connectivity index (χ4n) is 4.17. The van der Waals surface area contributed by atoms with Gasteiger partial charge in [-0.3, -0.25) is 14.3 Å². The van der Waals surface area contributed by atoms with Crippen LogP contribution < -0.4 is 10.1 Å². The number of halogens is 1. The van der Waals surface area contributed by atoms with Crippen molar-refractivity contribution < 1.29 is 14.3 Å². The molecule has 2 amide bonds. The van der Waals surface area contributed by atoms with E-state index in [4.69, 9.17) is 21.6 Å². The molecule has 0 radical (unpaired) electrons. The van der Waals surface area contributed by atoms with Gasteiger partial charge in [-0.25, -0.2) is 9.50 Å². The molecule has 12 heteroatoms. The van der Waals surface area contributed by atoms with Crippen molar-refractivity contribution in [2.75, 3.05) is 25.5 Å². The van der Waals surface area contributed by atoms with Gasteiger partial charge in [0, 0.05) is 42.3 Å². The zero-order valence-corrected chi connectivity index (χ0v) is 20.0. The number of hydrogen-bond acceptors (Lipinski definition) is 7. The second kappa shape index (κ2) is 9.67. The molecule has 4 heterocycles. The first-order chi connectivity index (χ1) is 17.5. The maximum Gasteiger partial charge on any atom is 0.261 e. The van der Waals surface area contributed by atoms with Gasteiger partial charge in [-0.15, -0.1) is 0 Å². The quantitative estimate of drug-likeness (QED) is 0.427. The molecular weight excluding hydrogens is 484 g/mol. The van der Waals surface area contributed by atoms with E-state index >= 15 is 0 Å². The van der Waals surface area contributed by atoms with E-state index < -0.39 is 5.91 Å². The number of nitrogens with one attached hydrogen (secondary N) is 1. The first kappa shape index (κ1) is 23.3. The highest BCUT2D eigenvalue weighted by molar-refractivity contribution is 6.31. The summed E-state index contributed by atoms with van der Waals surface area (Å²) in [5.74, 6) is -0.259. The number of hydrogen-bond donors (Lipinski definition) is 1. The number of anilines is 1. The molecule has 1 saturated heterocycles. The van der Waals surface area contributed by atoms with Gasteiger partial charge in [0.2, 0.25) is 5.91 Å². The molecule has 36 heavy (non-hydrogen) atoms. The summed E-state index contributed by atoms with van der Waals surface area (Å²) < 4.78 is 8.45. The summed E-state index contributed by atoms with van der Waals surface area (Å²) in [6.45, 7) is 0.873. The van der Waals surface area contributed by atoms with Crippen LogP contribution in [0.1, 0.15) is 16.8 Å². The van der Waals surface area contributed by atoms with Crippen molar-refractivity contribution >= 4 is 34.7 Å². The Hall–Kier alpha value is -4.43. The standard InChI is InChI=1S/C24H21ClN8O3/c1-36-20-4-3-16(25)9-17(20)22-19(29-24(35)18-11-28-33-7-2-6-27-23(18)33)13-32(30-22)14-21(34)31-8-5-15(10-26)12-31/h2-4,6-7,9,11,13,15H,5,8,12,14H2,1H3,(H,29,35). The van der Waals surface area contributed by atoms with Crippen LogP contribution in [0.15, 0.2) is 49.1 Å². The second-order valence-electron chi connectivity index (χ2n) is 8.29. The largest absolute Gasteiger partial charge is 0.496 e. The highest BCUT2D eigenvalue weighted by atomic mass is 35.5. The lowest BCUT2D eigenvalue weighted by molar-refractivity contribution is -0.131. The van der Waals surface area contributed by atoms with E-state index in [0.717, 1.165) is 0 Å². The van der Waals surface area contributed by atoms with Crippen LogP contribution in [-0.4, -0.2) is 61.3 Å². The number of fused-ring (bicyclic) bond motifs is 1. The molecule has 0 bridgehead atoms. The number of aromatic nitrogens is 5. The molecule has 3 aromatic heterocycles. The molecule has 11 nitrogen and oxygen atoms in total. The van der Waals surface area contributed by atoms with Gasteiger partial charge in [-0.05, 0) is 30.7 Å². The maximum absolute atomic E-state index is 13.2. The summed E-state index contributed by atoms with van der Waals surface area (Å²) in [6.07, 6.45) is 6.95. The number of methoxy groups -OCH3 is 1. The normalized spacial score (nSPS) is 15.1. The molecule has 1 aliphatic heterocycles. The number of nitriles is 1. The van der Waals surface area contributed by atoms with Crippen molar-refractivity contribution in [2.45, 2.75) is 13.0 Å². The van der Waals surface area contributed by atoms with E-state index in [9.17, 15) is 9.59 Å². The predicted molar refractivity (Wildman–Crippen MR) is 130 cm³/mol. The SMILES string of the molecule is COc1ccc(Cl)cc1-c1nn(CC(=O)N2CCC(C#N)C2)cc1NC(=O)c1cnn2cccnc12. The van der Waals surface area contributed by atoms with Crippen LogP contribution in [0.5, 0.6) is 5.75 Å². The van der Waals surface area contributed by atoms with E-state index in [1.165, 1.54) is 22.5 Å². The average molecular weight is 505 g/mol. The van der Waals surface area contributed by atoms with Crippen LogP contribution >= 0.6 is 11.6 Å². The van der Waals surface area contributed by atoms with Gasteiger partial charge in [0.25, 0.3) is 5.91 Å². The maximum atomic E-state index is 13.2. The average Bonchev–Trinajstić information content (AvgIpc) is 3.62. The summed E-state index contributed by atoms with van der Waals surface area (Å²) in [4.78, 5) is 32.0. The Bertz CT molecular complexity index is 1500. The number of carbonyl (C=O) groups is 2. The molecule has 1 atom stereocenters. The summed E-state index contributed by atoms with van der Waals surface area (Å²) in [6, 6.07) is 8.99. The number of ether oxygens (including phenoxy) is 1. The van der Waals surface area contributed by atoms with Gasteiger partial charge in [0.05, 0.1) is 31.0 Å². The zero-order chi connectivity index (χ0) is 25.2. The minimum absolute atomic E-state index is 0.0534. The summed E-state index contributed by atoms with van der Waals surface area (Å²) in [5.41, 5.74) is 1.98. The third-order valence-corrected chi connectivity index (χ3v) is 6.21. The van der Waals surface area contributed by atoms with Gasteiger partial charge >= 0.3 is 0 Å². The molecule has 0 saturated carbocycles. The topological polar surface area (TPSA) is 130 Å². The molecular formula is C24H21ClN8O3. The number of rotatable bonds is 6. The van der Waals surface area contributed by atoms with Crippen LogP contribution in [0.4, 0.5) is 5.69 Å². The van der Waals surface area contributed by atoms with E-state index in [0.29, 0.717) is 52.9 Å². The van der Waals surface area contributed by atoms with Gasteiger partial charge in [-0.1, -0.05) is 11.6 Å². The molecule has 1 unspecified atom stereocenters. The molecule has 1 N–H and O–H groups in total. The number of carbonyl (C=O) groups excluding carboxylic acids is 2. The second-order valence-corrected chi connectivity index (χ2v) is 8.72. The van der Waals surface area contributed by atoms with Crippen molar-refractivity contribution in [3.8, 4) is 23.1 Å². The van der Waals surface area contributed by atoms with E-state index in [1.807, 2.05) is 0 Å². The van der Waals surface area contributed by atoms with Crippen LogP contribution in [0.3, 0.4) is 0 Å². The molecule has 0 spiro atoms. The number of benzene rings is 1. The monoisotopic (exact) mass is 504 g/mol. The van der Waals surface area contributed by atoms with Crippen LogP contribution in [-0.2, 0) is 11.3 Å². The van der Waals surface area contributed by atoms with E-state index in [1.54, 1.807) is 47.8 Å². The molecule has 1 aliphatic rings. The Labute approximate surface area is 210 Å². The minimum atomic E-state index is -0.437. The highest BCUT2D eigenvalue weighted by Crippen LogP contribution is 2.36. The molecule has 4 aromatic rings. The fraction of sp³-hybridized carbons (Fsp3) is 0.250. The molecule has 1 fully saturated rings. The van der Waals surface area contributed by atoms with Crippen molar-refractivity contribution in [1.82, 2.24) is 29.3 Å². The lowest BCUT2D eigenvalue weighted by atomic mass is 10.1. The third kappa shape index (κ3) is 4.46. The Balaban J connectivity index is 1.49. The minimum Gasteiger partial charge on any atom is -0.496 e. The van der Waals surface area contributed by atoms with Gasteiger partial charge < -0.3 is 15.0 Å². The number of nitrogens with zero attached hydrogens (tertiary/aromatic N) is 7. The van der Waals surface area contributed by atoms with Crippen LogP contribution in [0, 0.1) is 17.2 Å². The third-order valence-electron chi connectivity index (χ3n) is 5.97. The zero-order valence-electron chi connectivity index (χ0n) is 19.3. The molecule has 0 aliphatic carbocycles. The van der Waals surface area contributed by atoms with Gasteiger partial charge in [-0.2, -0.15) is 15.5 Å². The first-order valence-corrected chi connectivity index (χ1v) is 11.5. The van der Waals surface area contributed by atoms with Crippen molar-refractivity contribution in [2.24, 2.45) is 5.92 Å². The molecule has 1 aromatic carbocycles. The van der Waals surface area contributed by atoms with E-state index in [-0.39, 0.29) is 23.9 Å². The predicted octanol–water partition coefficient (Wildman–Crippen LogP) is 2.88. The van der Waals surface area contributed by atoms with Crippen LogP contribution in [0.25, 0.3) is 16.9 Å². The van der Waals surface area contributed by atoms with Crippen LogP contribution in [0.2, 0.25) is 5.02 Å². The van der Waals surface area contributed by atoms with Gasteiger partial charge in [0.15, 0.2) is 5.65 Å². The Morgan fingerprint density at radius 3 is 3.00 bits per heavy atom. The Kier molecular flexibility index (Phi) is 6.26. The molecule has 182 valence electrons. The van der Waals surface area contributed by atoms with Crippen molar-refractivity contribution in [3.63, 3.8) is 0 Å².